The van der Waals surface area contributed by atoms with E-state index >= 15 is 0 Å². The van der Waals surface area contributed by atoms with Crippen LogP contribution in [0.1, 0.15) is 25.3 Å². The minimum absolute atomic E-state index is 0.0557. The van der Waals surface area contributed by atoms with Gasteiger partial charge in [0.15, 0.2) is 0 Å². The van der Waals surface area contributed by atoms with Crippen molar-refractivity contribution in [3.05, 3.63) is 24.0 Å². The third kappa shape index (κ3) is 3.67. The van der Waals surface area contributed by atoms with Gasteiger partial charge in [0.1, 0.15) is 0 Å². The minimum atomic E-state index is 0.0557. The average Bonchev–Trinajstić information content (AvgIpc) is 2.45. The number of pyridine rings is 1. The molecule has 0 aromatic carbocycles. The molecule has 1 aromatic heterocycles. The van der Waals surface area contributed by atoms with E-state index < -0.39 is 0 Å². The van der Waals surface area contributed by atoms with Gasteiger partial charge < -0.3 is 16.0 Å². The summed E-state index contributed by atoms with van der Waals surface area (Å²) < 4.78 is 0. The van der Waals surface area contributed by atoms with Crippen LogP contribution in [0.15, 0.2) is 18.5 Å². The van der Waals surface area contributed by atoms with Gasteiger partial charge >= 0.3 is 0 Å². The fourth-order valence-electron chi connectivity index (χ4n) is 2.54. The number of nitrogens with two attached hydrogens (primary N) is 1. The molecule has 1 saturated heterocycles. The highest BCUT2D eigenvalue weighted by Crippen LogP contribution is 2.25. The molecule has 0 atom stereocenters. The maximum absolute atomic E-state index is 10.9. The van der Waals surface area contributed by atoms with Crippen molar-refractivity contribution in [3.8, 4) is 0 Å². The summed E-state index contributed by atoms with van der Waals surface area (Å²) in [6, 6.07) is 1.98. The summed E-state index contributed by atoms with van der Waals surface area (Å²) in [7, 11) is 0. The minimum Gasteiger partial charge on any atom is -0.370 e. The lowest BCUT2D eigenvalue weighted by Gasteiger charge is -2.34. The largest absolute Gasteiger partial charge is 0.370 e. The van der Waals surface area contributed by atoms with Crippen molar-refractivity contribution >= 4 is 11.6 Å². The molecule has 0 bridgehead atoms. The number of carbonyl (C=O) groups is 1. The molecule has 0 unspecified atom stereocenters. The predicted molar refractivity (Wildman–Crippen MR) is 75.7 cm³/mol. The third-order valence-corrected chi connectivity index (χ3v) is 3.70. The first-order chi connectivity index (χ1) is 9.20. The number of aromatic nitrogens is 1. The molecule has 2 heterocycles. The van der Waals surface area contributed by atoms with Gasteiger partial charge in [-0.3, -0.25) is 9.78 Å². The average molecular weight is 262 g/mol. The van der Waals surface area contributed by atoms with E-state index in [1.54, 1.807) is 13.1 Å². The Hall–Kier alpha value is -1.62. The summed E-state index contributed by atoms with van der Waals surface area (Å²) in [6.07, 6.45) is 5.88. The highest BCUT2D eigenvalue weighted by Gasteiger charge is 2.20. The zero-order chi connectivity index (χ0) is 13.7. The Balaban J connectivity index is 1.90. The van der Waals surface area contributed by atoms with Crippen LogP contribution in [0, 0.1) is 5.92 Å². The van der Waals surface area contributed by atoms with Gasteiger partial charge in [-0.15, -0.1) is 0 Å². The number of hydrogen-bond acceptors (Lipinski definition) is 4. The van der Waals surface area contributed by atoms with Crippen LogP contribution >= 0.6 is 0 Å². The molecular weight excluding hydrogens is 240 g/mol. The molecule has 1 amide bonds. The van der Waals surface area contributed by atoms with Gasteiger partial charge in [-0.05, 0) is 30.4 Å². The second kappa shape index (κ2) is 6.52. The lowest BCUT2D eigenvalue weighted by Crippen LogP contribution is -2.38. The summed E-state index contributed by atoms with van der Waals surface area (Å²) in [5.74, 6) is 0.637. The van der Waals surface area contributed by atoms with Crippen LogP contribution in [-0.2, 0) is 11.3 Å². The van der Waals surface area contributed by atoms with E-state index in [1.165, 1.54) is 0 Å². The molecule has 0 radical (unpaired) electrons. The molecule has 1 aliphatic rings. The number of amides is 1. The summed E-state index contributed by atoms with van der Waals surface area (Å²) in [5.41, 5.74) is 8.07. The van der Waals surface area contributed by atoms with Gasteiger partial charge in [-0.1, -0.05) is 0 Å². The van der Waals surface area contributed by atoms with E-state index in [0.29, 0.717) is 12.5 Å². The number of anilines is 1. The van der Waals surface area contributed by atoms with Crippen LogP contribution in [-0.4, -0.2) is 30.5 Å². The van der Waals surface area contributed by atoms with E-state index in [1.807, 2.05) is 12.3 Å². The van der Waals surface area contributed by atoms with Crippen molar-refractivity contribution in [1.82, 2.24) is 10.3 Å². The molecule has 19 heavy (non-hydrogen) atoms. The number of hydrogen-bond donors (Lipinski definition) is 2. The first-order valence-corrected chi connectivity index (χ1v) is 6.83. The number of piperidine rings is 1. The van der Waals surface area contributed by atoms with Crippen molar-refractivity contribution in [2.75, 3.05) is 24.5 Å². The molecule has 0 saturated carbocycles. The quantitative estimate of drug-likeness (QED) is 0.845. The molecule has 104 valence electrons. The second-order valence-electron chi connectivity index (χ2n) is 5.08. The maximum atomic E-state index is 10.9. The Morgan fingerprint density at radius 1 is 1.53 bits per heavy atom. The summed E-state index contributed by atoms with van der Waals surface area (Å²) in [4.78, 5) is 17.5. The topological polar surface area (TPSA) is 71.2 Å². The van der Waals surface area contributed by atoms with E-state index in [0.717, 1.165) is 43.7 Å². The van der Waals surface area contributed by atoms with Crippen LogP contribution in [0.4, 0.5) is 5.69 Å². The second-order valence-corrected chi connectivity index (χ2v) is 5.08. The molecule has 0 aliphatic carbocycles. The Bertz CT molecular complexity index is 427. The number of nitrogens with one attached hydrogen (secondary N) is 1. The summed E-state index contributed by atoms with van der Waals surface area (Å²) >= 11 is 0. The van der Waals surface area contributed by atoms with Crippen molar-refractivity contribution in [3.63, 3.8) is 0 Å². The fourth-order valence-corrected chi connectivity index (χ4v) is 2.54. The molecule has 0 spiro atoms. The zero-order valence-corrected chi connectivity index (χ0v) is 11.4. The van der Waals surface area contributed by atoms with Crippen LogP contribution < -0.4 is 16.0 Å². The molecule has 5 nitrogen and oxygen atoms in total. The van der Waals surface area contributed by atoms with Gasteiger partial charge in [-0.2, -0.15) is 0 Å². The van der Waals surface area contributed by atoms with Gasteiger partial charge in [0, 0.05) is 39.3 Å². The zero-order valence-electron chi connectivity index (χ0n) is 11.4. The third-order valence-electron chi connectivity index (χ3n) is 3.70. The van der Waals surface area contributed by atoms with Gasteiger partial charge in [0.05, 0.1) is 11.9 Å². The Kier molecular flexibility index (Phi) is 4.74. The van der Waals surface area contributed by atoms with E-state index in [4.69, 9.17) is 5.73 Å². The van der Waals surface area contributed by atoms with Gasteiger partial charge in [0.2, 0.25) is 5.91 Å². The lowest BCUT2D eigenvalue weighted by atomic mass is 9.96. The fraction of sp³-hybridized carbons (Fsp3) is 0.571. The molecule has 1 aromatic rings. The van der Waals surface area contributed by atoms with Crippen molar-refractivity contribution < 1.29 is 4.79 Å². The molecule has 2 rings (SSSR count). The van der Waals surface area contributed by atoms with Gasteiger partial charge in [0.25, 0.3) is 0 Å². The molecule has 1 aliphatic heterocycles. The van der Waals surface area contributed by atoms with Gasteiger partial charge in [-0.25, -0.2) is 0 Å². The molecular formula is C14H22N4O. The standard InChI is InChI=1S/C14H22N4O/c1-11(19)17-9-12-3-6-18(7-4-12)14-10-16-5-2-13(14)8-15/h2,5,10,12H,3-4,6-9,15H2,1H3,(H,17,19). The van der Waals surface area contributed by atoms with Crippen LogP contribution in [0.25, 0.3) is 0 Å². The van der Waals surface area contributed by atoms with Crippen molar-refractivity contribution in [2.45, 2.75) is 26.3 Å². The summed E-state index contributed by atoms with van der Waals surface area (Å²) in [6.45, 7) is 4.91. The van der Waals surface area contributed by atoms with Crippen LogP contribution in [0.2, 0.25) is 0 Å². The SMILES string of the molecule is CC(=O)NCC1CCN(c2cnccc2CN)CC1. The number of nitrogens with zero attached hydrogens (tertiary/aromatic N) is 2. The smallest absolute Gasteiger partial charge is 0.216 e. The molecule has 3 N–H and O–H groups in total. The Morgan fingerprint density at radius 2 is 2.26 bits per heavy atom. The van der Waals surface area contributed by atoms with E-state index in [2.05, 4.69) is 15.2 Å². The van der Waals surface area contributed by atoms with Crippen LogP contribution in [0.3, 0.4) is 0 Å². The van der Waals surface area contributed by atoms with Crippen LogP contribution in [0.5, 0.6) is 0 Å². The highest BCUT2D eigenvalue weighted by atomic mass is 16.1. The Labute approximate surface area is 114 Å². The maximum Gasteiger partial charge on any atom is 0.216 e. The molecule has 5 heteroatoms. The molecule has 1 fully saturated rings. The first-order valence-electron chi connectivity index (χ1n) is 6.83. The first kappa shape index (κ1) is 13.8. The summed E-state index contributed by atoms with van der Waals surface area (Å²) in [5, 5.41) is 2.90. The number of rotatable bonds is 4. The monoisotopic (exact) mass is 262 g/mol. The Morgan fingerprint density at radius 3 is 2.89 bits per heavy atom. The van der Waals surface area contributed by atoms with Crippen molar-refractivity contribution in [1.29, 1.82) is 0 Å². The predicted octanol–water partition coefficient (Wildman–Crippen LogP) is 0.893. The highest BCUT2D eigenvalue weighted by molar-refractivity contribution is 5.72. The van der Waals surface area contributed by atoms with Crippen molar-refractivity contribution in [2.24, 2.45) is 11.7 Å². The lowest BCUT2D eigenvalue weighted by molar-refractivity contribution is -0.119. The number of carbonyl (C=O) groups excluding carboxylic acids is 1. The normalized spacial score (nSPS) is 16.4. The van der Waals surface area contributed by atoms with E-state index in [-0.39, 0.29) is 5.91 Å². The van der Waals surface area contributed by atoms with E-state index in [9.17, 15) is 4.79 Å².